The molecule has 0 amide bonds. The predicted octanol–water partition coefficient (Wildman–Crippen LogP) is 2.23. The Morgan fingerprint density at radius 3 is 2.81 bits per heavy atom. The second kappa shape index (κ2) is 5.79. The Morgan fingerprint density at radius 1 is 1.48 bits per heavy atom. The number of nitrogens with zero attached hydrogens (tertiary/aromatic N) is 4. The minimum absolute atomic E-state index is 0.0564. The van der Waals surface area contributed by atoms with Crippen LogP contribution in [0.2, 0.25) is 0 Å². The minimum atomic E-state index is -0.826. The summed E-state index contributed by atoms with van der Waals surface area (Å²) in [5, 5.41) is 22.2. The Hall–Kier alpha value is -3.28. The van der Waals surface area contributed by atoms with Gasteiger partial charge in [-0.25, -0.2) is 9.37 Å². The van der Waals surface area contributed by atoms with Crippen molar-refractivity contribution >= 4 is 11.5 Å². The molecule has 0 spiro atoms. The lowest BCUT2D eigenvalue weighted by molar-refractivity contribution is -0.385. The third kappa shape index (κ3) is 2.84. The summed E-state index contributed by atoms with van der Waals surface area (Å²) in [6.45, 7) is 0. The second-order valence-corrected chi connectivity index (χ2v) is 3.74. The number of nitriles is 1. The van der Waals surface area contributed by atoms with E-state index in [0.29, 0.717) is 0 Å². The number of hydrogen-bond acceptors (Lipinski definition) is 7. The van der Waals surface area contributed by atoms with Crippen molar-refractivity contribution in [3.05, 3.63) is 46.0 Å². The SMILES string of the molecule is CNc1ncnc(Oc2ccc(C#N)cc2F)c1[N+](=O)[O-]. The topological polar surface area (TPSA) is 114 Å². The van der Waals surface area contributed by atoms with Gasteiger partial charge in [0.2, 0.25) is 5.82 Å². The zero-order valence-corrected chi connectivity index (χ0v) is 10.7. The summed E-state index contributed by atoms with van der Waals surface area (Å²) < 4.78 is 18.9. The van der Waals surface area contributed by atoms with Crippen molar-refractivity contribution in [1.82, 2.24) is 9.97 Å². The lowest BCUT2D eigenvalue weighted by Gasteiger charge is -2.08. The zero-order valence-electron chi connectivity index (χ0n) is 10.7. The van der Waals surface area contributed by atoms with E-state index < -0.39 is 22.3 Å². The third-order valence-corrected chi connectivity index (χ3v) is 2.48. The Morgan fingerprint density at radius 2 is 2.24 bits per heavy atom. The molecule has 0 fully saturated rings. The maximum Gasteiger partial charge on any atom is 0.373 e. The van der Waals surface area contributed by atoms with E-state index in [1.165, 1.54) is 19.2 Å². The van der Waals surface area contributed by atoms with Crippen LogP contribution in [0.4, 0.5) is 15.9 Å². The molecule has 0 aliphatic rings. The monoisotopic (exact) mass is 289 g/mol. The molecule has 0 aliphatic heterocycles. The first-order chi connectivity index (χ1) is 10.1. The van der Waals surface area contributed by atoms with Crippen molar-refractivity contribution < 1.29 is 14.1 Å². The lowest BCUT2D eigenvalue weighted by Crippen LogP contribution is -2.03. The number of halogens is 1. The van der Waals surface area contributed by atoms with E-state index >= 15 is 0 Å². The molecule has 0 unspecified atom stereocenters. The Balaban J connectivity index is 2.45. The number of aromatic nitrogens is 2. The number of anilines is 1. The predicted molar refractivity (Wildman–Crippen MR) is 69.4 cm³/mol. The van der Waals surface area contributed by atoms with Crippen LogP contribution < -0.4 is 10.1 Å². The standard InChI is InChI=1S/C12H8FN5O3/c1-15-11-10(18(19)20)12(17-6-16-11)21-9-3-2-7(5-14)4-8(9)13/h2-4,6H,1H3,(H,15,16,17). The number of benzene rings is 1. The van der Waals surface area contributed by atoms with Crippen LogP contribution in [-0.4, -0.2) is 21.9 Å². The number of hydrogen-bond donors (Lipinski definition) is 1. The molecule has 21 heavy (non-hydrogen) atoms. The maximum absolute atomic E-state index is 13.7. The largest absolute Gasteiger partial charge is 0.430 e. The van der Waals surface area contributed by atoms with Crippen molar-refractivity contribution in [1.29, 1.82) is 5.26 Å². The highest BCUT2D eigenvalue weighted by atomic mass is 19.1. The number of rotatable bonds is 4. The van der Waals surface area contributed by atoms with Gasteiger partial charge in [-0.1, -0.05) is 0 Å². The second-order valence-electron chi connectivity index (χ2n) is 3.74. The summed E-state index contributed by atoms with van der Waals surface area (Å²) in [6, 6.07) is 5.24. The molecule has 8 nitrogen and oxygen atoms in total. The fourth-order valence-corrected chi connectivity index (χ4v) is 1.54. The molecule has 0 aliphatic carbocycles. The molecule has 1 N–H and O–H groups in total. The van der Waals surface area contributed by atoms with Gasteiger partial charge in [0.1, 0.15) is 6.33 Å². The van der Waals surface area contributed by atoms with E-state index in [-0.39, 0.29) is 17.1 Å². The molecule has 0 bridgehead atoms. The molecule has 2 rings (SSSR count). The van der Waals surface area contributed by atoms with E-state index in [9.17, 15) is 14.5 Å². The van der Waals surface area contributed by atoms with E-state index in [1.54, 1.807) is 6.07 Å². The maximum atomic E-state index is 13.7. The minimum Gasteiger partial charge on any atom is -0.430 e. The summed E-state index contributed by atoms with van der Waals surface area (Å²) >= 11 is 0. The van der Waals surface area contributed by atoms with Crippen molar-refractivity contribution in [2.24, 2.45) is 0 Å². The van der Waals surface area contributed by atoms with Crippen molar-refractivity contribution in [2.75, 3.05) is 12.4 Å². The van der Waals surface area contributed by atoms with Crippen LogP contribution >= 0.6 is 0 Å². The molecule has 9 heteroatoms. The Labute approximate surface area is 118 Å². The summed E-state index contributed by atoms with van der Waals surface area (Å²) in [4.78, 5) is 17.6. The molecule has 2 aromatic rings. The molecular weight excluding hydrogens is 281 g/mol. The molecule has 1 aromatic carbocycles. The highest BCUT2D eigenvalue weighted by Crippen LogP contribution is 2.34. The molecule has 0 radical (unpaired) electrons. The van der Waals surface area contributed by atoms with Gasteiger partial charge >= 0.3 is 11.6 Å². The number of ether oxygens (including phenoxy) is 1. The molecule has 0 saturated heterocycles. The lowest BCUT2D eigenvalue weighted by atomic mass is 10.2. The zero-order chi connectivity index (χ0) is 15.4. The molecular formula is C12H8FN5O3. The van der Waals surface area contributed by atoms with Crippen LogP contribution in [0.5, 0.6) is 11.6 Å². The highest BCUT2D eigenvalue weighted by molar-refractivity contribution is 5.61. The van der Waals surface area contributed by atoms with Gasteiger partial charge in [0.15, 0.2) is 11.6 Å². The first-order valence-electron chi connectivity index (χ1n) is 5.61. The summed E-state index contributed by atoms with van der Waals surface area (Å²) in [5.41, 5.74) is -0.406. The highest BCUT2D eigenvalue weighted by Gasteiger charge is 2.25. The van der Waals surface area contributed by atoms with Crippen LogP contribution in [0.15, 0.2) is 24.5 Å². The quantitative estimate of drug-likeness (QED) is 0.677. The van der Waals surface area contributed by atoms with Crippen LogP contribution in [0.1, 0.15) is 5.56 Å². The first-order valence-corrected chi connectivity index (χ1v) is 5.61. The van der Waals surface area contributed by atoms with Gasteiger partial charge < -0.3 is 10.1 Å². The van der Waals surface area contributed by atoms with Gasteiger partial charge in [-0.15, -0.1) is 0 Å². The Bertz CT molecular complexity index is 744. The van der Waals surface area contributed by atoms with E-state index in [2.05, 4.69) is 15.3 Å². The number of nitro groups is 1. The fraction of sp³-hybridized carbons (Fsp3) is 0.0833. The van der Waals surface area contributed by atoms with Crippen LogP contribution in [0.25, 0.3) is 0 Å². The van der Waals surface area contributed by atoms with Gasteiger partial charge in [0, 0.05) is 7.05 Å². The summed E-state index contributed by atoms with van der Waals surface area (Å²) in [6.07, 6.45) is 1.05. The summed E-state index contributed by atoms with van der Waals surface area (Å²) in [7, 11) is 1.45. The molecule has 1 heterocycles. The molecule has 106 valence electrons. The first kappa shape index (κ1) is 14.1. The molecule has 0 saturated carbocycles. The van der Waals surface area contributed by atoms with Gasteiger partial charge in [-0.3, -0.25) is 10.1 Å². The normalized spacial score (nSPS) is 9.76. The van der Waals surface area contributed by atoms with Gasteiger partial charge in [-0.2, -0.15) is 10.2 Å². The van der Waals surface area contributed by atoms with Crippen LogP contribution in [-0.2, 0) is 0 Å². The van der Waals surface area contributed by atoms with Gasteiger partial charge in [-0.05, 0) is 18.2 Å². The van der Waals surface area contributed by atoms with Crippen molar-refractivity contribution in [2.45, 2.75) is 0 Å². The third-order valence-electron chi connectivity index (χ3n) is 2.48. The fourth-order valence-electron chi connectivity index (χ4n) is 1.54. The van der Waals surface area contributed by atoms with Crippen molar-refractivity contribution in [3.63, 3.8) is 0 Å². The van der Waals surface area contributed by atoms with E-state index in [4.69, 9.17) is 10.00 Å². The van der Waals surface area contributed by atoms with E-state index in [0.717, 1.165) is 12.4 Å². The summed E-state index contributed by atoms with van der Waals surface area (Å²) in [5.74, 6) is -1.56. The number of nitrogens with one attached hydrogen (secondary N) is 1. The van der Waals surface area contributed by atoms with Crippen LogP contribution in [0.3, 0.4) is 0 Å². The average Bonchev–Trinajstić information content (AvgIpc) is 2.48. The Kier molecular flexibility index (Phi) is 3.90. The van der Waals surface area contributed by atoms with Gasteiger partial charge in [0.05, 0.1) is 16.6 Å². The van der Waals surface area contributed by atoms with E-state index in [1.807, 2.05) is 0 Å². The smallest absolute Gasteiger partial charge is 0.373 e. The van der Waals surface area contributed by atoms with Gasteiger partial charge in [0.25, 0.3) is 0 Å². The molecule has 1 aromatic heterocycles. The average molecular weight is 289 g/mol. The van der Waals surface area contributed by atoms with Crippen molar-refractivity contribution in [3.8, 4) is 17.7 Å². The van der Waals surface area contributed by atoms with Crippen LogP contribution in [0, 0.1) is 27.3 Å². The molecule has 0 atom stereocenters.